The first-order chi connectivity index (χ1) is 12.8. The monoisotopic (exact) mass is 391 g/mol. The molecular weight excluding hydrogens is 373 g/mol. The average molecular weight is 391 g/mol. The number of halogens is 1. The molecule has 0 bridgehead atoms. The second-order valence-electron chi connectivity index (χ2n) is 6.15. The standard InChI is InChI=1S/C18H18FN3O4S/c1-22-16-7-6-15(8-13(16)9-18(22)24)27(25,26)21-11-17(23)20-10-12-2-4-14(19)5-3-12/h2-8,21H,9-11H2,1H3,(H,20,23). The quantitative estimate of drug-likeness (QED) is 0.766. The molecule has 2 aromatic carbocycles. The van der Waals surface area contributed by atoms with Crippen LogP contribution in [0, 0.1) is 5.82 Å². The van der Waals surface area contributed by atoms with E-state index in [9.17, 15) is 22.4 Å². The fraction of sp³-hybridized carbons (Fsp3) is 0.222. The molecule has 9 heteroatoms. The van der Waals surface area contributed by atoms with Crippen molar-refractivity contribution in [3.05, 3.63) is 59.4 Å². The number of anilines is 1. The molecule has 0 saturated heterocycles. The number of nitrogens with zero attached hydrogens (tertiary/aromatic N) is 1. The van der Waals surface area contributed by atoms with Crippen LogP contribution in [0.1, 0.15) is 11.1 Å². The van der Waals surface area contributed by atoms with Crippen LogP contribution in [0.15, 0.2) is 47.4 Å². The summed E-state index contributed by atoms with van der Waals surface area (Å²) in [5.74, 6) is -0.994. The highest BCUT2D eigenvalue weighted by atomic mass is 32.2. The zero-order valence-electron chi connectivity index (χ0n) is 14.5. The molecular formula is C18H18FN3O4S. The molecule has 0 saturated carbocycles. The molecule has 0 aromatic heterocycles. The number of carbonyl (C=O) groups is 2. The van der Waals surface area contributed by atoms with E-state index in [2.05, 4.69) is 10.0 Å². The molecule has 1 heterocycles. The molecule has 0 atom stereocenters. The van der Waals surface area contributed by atoms with Crippen LogP contribution in [0.5, 0.6) is 0 Å². The number of amides is 2. The number of benzene rings is 2. The first-order valence-electron chi connectivity index (χ1n) is 8.16. The van der Waals surface area contributed by atoms with E-state index in [-0.39, 0.29) is 29.6 Å². The lowest BCUT2D eigenvalue weighted by Crippen LogP contribution is -2.36. The molecule has 1 aliphatic rings. The van der Waals surface area contributed by atoms with Gasteiger partial charge in [0, 0.05) is 19.3 Å². The molecule has 142 valence electrons. The average Bonchev–Trinajstić information content (AvgIpc) is 2.93. The number of likely N-dealkylation sites (N-methyl/N-ethyl adjacent to an activating group) is 1. The normalized spacial score (nSPS) is 13.6. The Hall–Kier alpha value is -2.78. The van der Waals surface area contributed by atoms with Gasteiger partial charge in [0.25, 0.3) is 0 Å². The molecule has 0 radical (unpaired) electrons. The van der Waals surface area contributed by atoms with Gasteiger partial charge in [0.05, 0.1) is 17.9 Å². The van der Waals surface area contributed by atoms with Crippen molar-refractivity contribution in [1.29, 1.82) is 0 Å². The molecule has 0 spiro atoms. The molecule has 2 N–H and O–H groups in total. The summed E-state index contributed by atoms with van der Waals surface area (Å²) < 4.78 is 39.8. The minimum Gasteiger partial charge on any atom is -0.351 e. The maximum atomic E-state index is 12.8. The van der Waals surface area contributed by atoms with Crippen LogP contribution in [-0.2, 0) is 32.6 Å². The lowest BCUT2D eigenvalue weighted by molar-refractivity contribution is -0.120. The van der Waals surface area contributed by atoms with Gasteiger partial charge in [-0.3, -0.25) is 9.59 Å². The lowest BCUT2D eigenvalue weighted by Gasteiger charge is -2.11. The second-order valence-corrected chi connectivity index (χ2v) is 7.91. The number of hydrogen-bond donors (Lipinski definition) is 2. The Bertz CT molecular complexity index is 990. The van der Waals surface area contributed by atoms with E-state index >= 15 is 0 Å². The van der Waals surface area contributed by atoms with E-state index in [1.54, 1.807) is 13.1 Å². The zero-order valence-corrected chi connectivity index (χ0v) is 15.3. The van der Waals surface area contributed by atoms with E-state index in [0.29, 0.717) is 16.8 Å². The number of rotatable bonds is 6. The van der Waals surface area contributed by atoms with Gasteiger partial charge in [-0.2, -0.15) is 0 Å². The predicted octanol–water partition coefficient (Wildman–Crippen LogP) is 0.939. The van der Waals surface area contributed by atoms with Crippen LogP contribution >= 0.6 is 0 Å². The zero-order chi connectivity index (χ0) is 19.6. The van der Waals surface area contributed by atoms with E-state index in [4.69, 9.17) is 0 Å². The van der Waals surface area contributed by atoms with Crippen LogP contribution in [0.25, 0.3) is 0 Å². The van der Waals surface area contributed by atoms with Gasteiger partial charge in [-0.05, 0) is 41.5 Å². The van der Waals surface area contributed by atoms with E-state index < -0.39 is 22.5 Å². The maximum absolute atomic E-state index is 12.8. The topological polar surface area (TPSA) is 95.6 Å². The summed E-state index contributed by atoms with van der Waals surface area (Å²) in [6, 6.07) is 10.0. The fourth-order valence-corrected chi connectivity index (χ4v) is 3.76. The highest BCUT2D eigenvalue weighted by Crippen LogP contribution is 2.29. The van der Waals surface area contributed by atoms with Crippen molar-refractivity contribution in [3.63, 3.8) is 0 Å². The van der Waals surface area contributed by atoms with Crippen molar-refractivity contribution < 1.29 is 22.4 Å². The highest BCUT2D eigenvalue weighted by molar-refractivity contribution is 7.89. The predicted molar refractivity (Wildman–Crippen MR) is 97.0 cm³/mol. The molecule has 0 unspecified atom stereocenters. The maximum Gasteiger partial charge on any atom is 0.241 e. The van der Waals surface area contributed by atoms with E-state index in [0.717, 1.165) is 0 Å². The third kappa shape index (κ3) is 4.32. The molecule has 3 rings (SSSR count). The van der Waals surface area contributed by atoms with Gasteiger partial charge >= 0.3 is 0 Å². The van der Waals surface area contributed by atoms with Crippen molar-refractivity contribution in [2.75, 3.05) is 18.5 Å². The summed E-state index contributed by atoms with van der Waals surface area (Å²) in [6.07, 6.45) is 0.146. The van der Waals surface area contributed by atoms with Crippen molar-refractivity contribution in [3.8, 4) is 0 Å². The summed E-state index contributed by atoms with van der Waals surface area (Å²) in [5.41, 5.74) is 2.00. The van der Waals surface area contributed by atoms with Gasteiger partial charge in [-0.15, -0.1) is 0 Å². The lowest BCUT2D eigenvalue weighted by atomic mass is 10.2. The van der Waals surface area contributed by atoms with Crippen molar-refractivity contribution in [2.24, 2.45) is 0 Å². The van der Waals surface area contributed by atoms with Crippen LogP contribution in [0.4, 0.5) is 10.1 Å². The molecule has 7 nitrogen and oxygen atoms in total. The first-order valence-corrected chi connectivity index (χ1v) is 9.65. The molecule has 0 aliphatic carbocycles. The third-order valence-electron chi connectivity index (χ3n) is 4.26. The summed E-state index contributed by atoms with van der Waals surface area (Å²) in [4.78, 5) is 25.0. The van der Waals surface area contributed by atoms with Gasteiger partial charge in [0.2, 0.25) is 21.8 Å². The number of hydrogen-bond acceptors (Lipinski definition) is 4. The fourth-order valence-electron chi connectivity index (χ4n) is 2.72. The van der Waals surface area contributed by atoms with Crippen LogP contribution < -0.4 is 14.9 Å². The van der Waals surface area contributed by atoms with E-state index in [1.165, 1.54) is 41.3 Å². The van der Waals surface area contributed by atoms with Gasteiger partial charge in [-0.25, -0.2) is 17.5 Å². The largest absolute Gasteiger partial charge is 0.351 e. The number of sulfonamides is 1. The Kier molecular flexibility index (Phi) is 5.24. The van der Waals surface area contributed by atoms with Gasteiger partial charge in [0.15, 0.2) is 0 Å². The van der Waals surface area contributed by atoms with E-state index in [1.807, 2.05) is 0 Å². The SMILES string of the molecule is CN1C(=O)Cc2cc(S(=O)(=O)NCC(=O)NCc3ccc(F)cc3)ccc21. The second kappa shape index (κ2) is 7.45. The third-order valence-corrected chi connectivity index (χ3v) is 5.66. The highest BCUT2D eigenvalue weighted by Gasteiger charge is 2.26. The van der Waals surface area contributed by atoms with Gasteiger partial charge < -0.3 is 10.2 Å². The van der Waals surface area contributed by atoms with Crippen LogP contribution in [-0.4, -0.2) is 33.8 Å². The molecule has 27 heavy (non-hydrogen) atoms. The Morgan fingerprint density at radius 1 is 1.19 bits per heavy atom. The van der Waals surface area contributed by atoms with Crippen molar-refractivity contribution in [1.82, 2.24) is 10.0 Å². The minimum absolute atomic E-state index is 0.00400. The van der Waals surface area contributed by atoms with Crippen molar-refractivity contribution in [2.45, 2.75) is 17.9 Å². The number of carbonyl (C=O) groups excluding carboxylic acids is 2. The van der Waals surface area contributed by atoms with Crippen LogP contribution in [0.3, 0.4) is 0 Å². The smallest absolute Gasteiger partial charge is 0.241 e. The minimum atomic E-state index is -3.89. The Labute approximate surface area is 156 Å². The molecule has 2 aromatic rings. The molecule has 0 fully saturated rings. The summed E-state index contributed by atoms with van der Waals surface area (Å²) in [5, 5.41) is 2.56. The number of fused-ring (bicyclic) bond motifs is 1. The van der Waals surface area contributed by atoms with Gasteiger partial charge in [-0.1, -0.05) is 12.1 Å². The van der Waals surface area contributed by atoms with Gasteiger partial charge in [0.1, 0.15) is 5.82 Å². The Balaban J connectivity index is 1.58. The Morgan fingerprint density at radius 3 is 2.59 bits per heavy atom. The summed E-state index contributed by atoms with van der Waals surface area (Å²) >= 11 is 0. The molecule has 1 aliphatic heterocycles. The van der Waals surface area contributed by atoms with Crippen LogP contribution in [0.2, 0.25) is 0 Å². The first kappa shape index (κ1) is 19.0. The van der Waals surface area contributed by atoms with Crippen molar-refractivity contribution >= 4 is 27.5 Å². The Morgan fingerprint density at radius 2 is 1.89 bits per heavy atom. The molecule has 2 amide bonds. The summed E-state index contributed by atoms with van der Waals surface area (Å²) in [6.45, 7) is -0.270. The number of nitrogens with one attached hydrogen (secondary N) is 2. The summed E-state index contributed by atoms with van der Waals surface area (Å²) in [7, 11) is -2.26.